The molecule has 0 bridgehead atoms. The standard InChI is InChI=1S/C9H13N3O/c1-2-5-13-8-4-3-7(6-12-8)9(10)11/h3-4,6H,2,5H2,1H3,(H3,10,11). The molecule has 0 aliphatic rings. The molecule has 0 aliphatic carbocycles. The fourth-order valence-electron chi connectivity index (χ4n) is 0.832. The van der Waals surface area contributed by atoms with Gasteiger partial charge in [0.2, 0.25) is 5.88 Å². The molecule has 1 aromatic rings. The molecule has 13 heavy (non-hydrogen) atoms. The molecule has 1 aromatic heterocycles. The Morgan fingerprint density at radius 3 is 2.85 bits per heavy atom. The lowest BCUT2D eigenvalue weighted by Crippen LogP contribution is -2.11. The van der Waals surface area contributed by atoms with Crippen LogP contribution in [0.1, 0.15) is 18.9 Å². The maximum atomic E-state index is 7.14. The van der Waals surface area contributed by atoms with Gasteiger partial charge in [0.25, 0.3) is 0 Å². The molecule has 0 amide bonds. The Labute approximate surface area is 77.2 Å². The Balaban J connectivity index is 2.64. The molecule has 0 atom stereocenters. The Hall–Kier alpha value is -1.58. The lowest BCUT2D eigenvalue weighted by molar-refractivity contribution is 0.305. The molecular formula is C9H13N3O. The van der Waals surface area contributed by atoms with Crippen LogP contribution >= 0.6 is 0 Å². The molecule has 3 N–H and O–H groups in total. The topological polar surface area (TPSA) is 72.0 Å². The van der Waals surface area contributed by atoms with Crippen LogP contribution < -0.4 is 10.5 Å². The number of nitrogens with zero attached hydrogens (tertiary/aromatic N) is 1. The highest BCUT2D eigenvalue weighted by molar-refractivity contribution is 5.94. The van der Waals surface area contributed by atoms with E-state index in [0.29, 0.717) is 18.1 Å². The van der Waals surface area contributed by atoms with Gasteiger partial charge in [0, 0.05) is 17.8 Å². The molecule has 0 saturated carbocycles. The molecule has 4 heteroatoms. The van der Waals surface area contributed by atoms with E-state index in [-0.39, 0.29) is 5.84 Å². The minimum Gasteiger partial charge on any atom is -0.478 e. The van der Waals surface area contributed by atoms with Crippen molar-refractivity contribution in [3.05, 3.63) is 23.9 Å². The number of nitrogen functional groups attached to an aromatic ring is 1. The molecule has 1 heterocycles. The van der Waals surface area contributed by atoms with Crippen LogP contribution in [0.5, 0.6) is 5.88 Å². The van der Waals surface area contributed by atoms with E-state index in [1.54, 1.807) is 12.1 Å². The van der Waals surface area contributed by atoms with Crippen LogP contribution in [0.4, 0.5) is 0 Å². The van der Waals surface area contributed by atoms with E-state index >= 15 is 0 Å². The first-order valence-corrected chi connectivity index (χ1v) is 4.17. The highest BCUT2D eigenvalue weighted by Crippen LogP contribution is 2.06. The zero-order valence-electron chi connectivity index (χ0n) is 7.58. The third-order valence-electron chi connectivity index (χ3n) is 1.50. The van der Waals surface area contributed by atoms with Crippen molar-refractivity contribution >= 4 is 5.84 Å². The third kappa shape index (κ3) is 2.74. The number of ether oxygens (including phenoxy) is 1. The van der Waals surface area contributed by atoms with Gasteiger partial charge in [0.05, 0.1) is 6.61 Å². The number of nitrogens with one attached hydrogen (secondary N) is 1. The number of rotatable bonds is 4. The summed E-state index contributed by atoms with van der Waals surface area (Å²) in [6.07, 6.45) is 2.49. The van der Waals surface area contributed by atoms with Crippen molar-refractivity contribution in [3.8, 4) is 5.88 Å². The average Bonchev–Trinajstić information content (AvgIpc) is 2.15. The minimum absolute atomic E-state index is 0.0227. The number of aromatic nitrogens is 1. The van der Waals surface area contributed by atoms with Crippen LogP contribution in [0, 0.1) is 5.41 Å². The predicted molar refractivity (Wildman–Crippen MR) is 51.0 cm³/mol. The van der Waals surface area contributed by atoms with Gasteiger partial charge in [-0.05, 0) is 12.5 Å². The molecule has 1 rings (SSSR count). The summed E-state index contributed by atoms with van der Waals surface area (Å²) < 4.78 is 5.27. The largest absolute Gasteiger partial charge is 0.478 e. The Bertz CT molecular complexity index is 281. The number of nitrogens with two attached hydrogens (primary N) is 1. The summed E-state index contributed by atoms with van der Waals surface area (Å²) in [6.45, 7) is 2.69. The Morgan fingerprint density at radius 1 is 1.62 bits per heavy atom. The van der Waals surface area contributed by atoms with E-state index in [1.807, 2.05) is 6.92 Å². The highest BCUT2D eigenvalue weighted by Gasteiger charge is 1.97. The molecule has 4 nitrogen and oxygen atoms in total. The second-order valence-corrected chi connectivity index (χ2v) is 2.65. The highest BCUT2D eigenvalue weighted by atomic mass is 16.5. The van der Waals surface area contributed by atoms with Crippen LogP contribution in [-0.2, 0) is 0 Å². The first-order chi connectivity index (χ1) is 6.24. The number of hydrogen-bond acceptors (Lipinski definition) is 3. The SMILES string of the molecule is CCCOc1ccc(C(=N)N)cn1. The molecule has 70 valence electrons. The van der Waals surface area contributed by atoms with E-state index in [1.165, 1.54) is 6.20 Å². The van der Waals surface area contributed by atoms with E-state index in [0.717, 1.165) is 6.42 Å². The maximum absolute atomic E-state index is 7.14. The van der Waals surface area contributed by atoms with Crippen molar-refractivity contribution in [2.24, 2.45) is 5.73 Å². The average molecular weight is 179 g/mol. The van der Waals surface area contributed by atoms with Crippen molar-refractivity contribution in [3.63, 3.8) is 0 Å². The molecular weight excluding hydrogens is 166 g/mol. The molecule has 0 saturated heterocycles. The Kier molecular flexibility index (Phi) is 3.25. The Morgan fingerprint density at radius 2 is 2.38 bits per heavy atom. The molecule has 0 spiro atoms. The van der Waals surface area contributed by atoms with Gasteiger partial charge in [0.1, 0.15) is 5.84 Å². The molecule has 0 aliphatic heterocycles. The summed E-state index contributed by atoms with van der Waals surface area (Å²) in [5, 5.41) is 7.14. The van der Waals surface area contributed by atoms with Gasteiger partial charge in [-0.25, -0.2) is 4.98 Å². The maximum Gasteiger partial charge on any atom is 0.213 e. The summed E-state index contributed by atoms with van der Waals surface area (Å²) in [5.74, 6) is 0.599. The quantitative estimate of drug-likeness (QED) is 0.538. The van der Waals surface area contributed by atoms with E-state index < -0.39 is 0 Å². The monoisotopic (exact) mass is 179 g/mol. The van der Waals surface area contributed by atoms with Crippen LogP contribution in [0.15, 0.2) is 18.3 Å². The fraction of sp³-hybridized carbons (Fsp3) is 0.333. The third-order valence-corrected chi connectivity index (χ3v) is 1.50. The fourth-order valence-corrected chi connectivity index (χ4v) is 0.832. The van der Waals surface area contributed by atoms with Crippen molar-refractivity contribution in [2.75, 3.05) is 6.61 Å². The molecule has 0 radical (unpaired) electrons. The first-order valence-electron chi connectivity index (χ1n) is 4.17. The van der Waals surface area contributed by atoms with E-state index in [2.05, 4.69) is 4.98 Å². The summed E-state index contributed by atoms with van der Waals surface area (Å²) in [4.78, 5) is 3.99. The van der Waals surface area contributed by atoms with Crippen LogP contribution in [0.2, 0.25) is 0 Å². The number of pyridine rings is 1. The minimum atomic E-state index is 0.0227. The van der Waals surface area contributed by atoms with Gasteiger partial charge in [-0.1, -0.05) is 6.92 Å². The normalized spacial score (nSPS) is 9.62. The summed E-state index contributed by atoms with van der Waals surface area (Å²) in [7, 11) is 0. The van der Waals surface area contributed by atoms with Crippen LogP contribution in [0.25, 0.3) is 0 Å². The number of amidine groups is 1. The number of hydrogen-bond donors (Lipinski definition) is 2. The van der Waals surface area contributed by atoms with Crippen LogP contribution in [0.3, 0.4) is 0 Å². The molecule has 0 unspecified atom stereocenters. The zero-order valence-corrected chi connectivity index (χ0v) is 7.58. The van der Waals surface area contributed by atoms with Gasteiger partial charge >= 0.3 is 0 Å². The van der Waals surface area contributed by atoms with Gasteiger partial charge in [0.15, 0.2) is 0 Å². The van der Waals surface area contributed by atoms with Crippen molar-refractivity contribution in [1.29, 1.82) is 5.41 Å². The lowest BCUT2D eigenvalue weighted by atomic mass is 10.3. The summed E-state index contributed by atoms with van der Waals surface area (Å²) >= 11 is 0. The van der Waals surface area contributed by atoms with Crippen molar-refractivity contribution in [2.45, 2.75) is 13.3 Å². The second-order valence-electron chi connectivity index (χ2n) is 2.65. The second kappa shape index (κ2) is 4.45. The van der Waals surface area contributed by atoms with Gasteiger partial charge in [-0.2, -0.15) is 0 Å². The first kappa shape index (κ1) is 9.51. The van der Waals surface area contributed by atoms with Crippen molar-refractivity contribution < 1.29 is 4.74 Å². The smallest absolute Gasteiger partial charge is 0.213 e. The van der Waals surface area contributed by atoms with Gasteiger partial charge in [-0.15, -0.1) is 0 Å². The van der Waals surface area contributed by atoms with Gasteiger partial charge in [-0.3, -0.25) is 5.41 Å². The molecule has 0 aromatic carbocycles. The molecule has 0 fully saturated rings. The summed E-state index contributed by atoms with van der Waals surface area (Å²) in [6, 6.07) is 3.44. The van der Waals surface area contributed by atoms with Crippen LogP contribution in [-0.4, -0.2) is 17.4 Å². The van der Waals surface area contributed by atoms with E-state index in [4.69, 9.17) is 15.9 Å². The predicted octanol–water partition coefficient (Wildman–Crippen LogP) is 1.15. The van der Waals surface area contributed by atoms with Gasteiger partial charge < -0.3 is 10.5 Å². The zero-order chi connectivity index (χ0) is 9.68. The van der Waals surface area contributed by atoms with E-state index in [9.17, 15) is 0 Å². The lowest BCUT2D eigenvalue weighted by Gasteiger charge is -2.03. The van der Waals surface area contributed by atoms with Crippen molar-refractivity contribution in [1.82, 2.24) is 4.98 Å². The summed E-state index contributed by atoms with van der Waals surface area (Å²) in [5.41, 5.74) is 5.88.